The van der Waals surface area contributed by atoms with Gasteiger partial charge in [-0.2, -0.15) is 0 Å². The zero-order chi connectivity index (χ0) is 17.6. The number of carbonyl (C=O) groups excluding carboxylic acids is 1. The number of hydrogen-bond acceptors (Lipinski definition) is 4. The van der Waals surface area contributed by atoms with Crippen molar-refractivity contribution in [3.63, 3.8) is 0 Å². The Hall–Kier alpha value is -3.08. The van der Waals surface area contributed by atoms with Crippen molar-refractivity contribution in [2.24, 2.45) is 0 Å². The largest absolute Gasteiger partial charge is 0.494 e. The number of ether oxygens (including phenoxy) is 1. The van der Waals surface area contributed by atoms with Gasteiger partial charge in [-0.05, 0) is 36.8 Å². The van der Waals surface area contributed by atoms with Crippen LogP contribution in [0, 0.1) is 0 Å². The van der Waals surface area contributed by atoms with Crippen molar-refractivity contribution in [3.8, 4) is 5.75 Å². The molecule has 0 aliphatic carbocycles. The maximum Gasteiger partial charge on any atom is 0.290 e. The van der Waals surface area contributed by atoms with Gasteiger partial charge in [-0.1, -0.05) is 24.3 Å². The fourth-order valence-corrected chi connectivity index (χ4v) is 3.34. The first-order valence-corrected chi connectivity index (χ1v) is 8.17. The molecule has 1 aliphatic rings. The smallest absolute Gasteiger partial charge is 0.290 e. The van der Waals surface area contributed by atoms with Crippen LogP contribution in [-0.4, -0.2) is 24.5 Å². The Labute approximate surface area is 144 Å². The van der Waals surface area contributed by atoms with E-state index in [4.69, 9.17) is 9.15 Å². The third kappa shape index (κ3) is 2.31. The van der Waals surface area contributed by atoms with Crippen molar-refractivity contribution >= 4 is 16.9 Å². The number of rotatable bonds is 3. The van der Waals surface area contributed by atoms with Crippen LogP contribution in [0.15, 0.2) is 57.7 Å². The van der Waals surface area contributed by atoms with Crippen LogP contribution in [0.5, 0.6) is 5.75 Å². The van der Waals surface area contributed by atoms with E-state index in [2.05, 4.69) is 0 Å². The molecule has 5 nitrogen and oxygen atoms in total. The van der Waals surface area contributed by atoms with Gasteiger partial charge in [0, 0.05) is 7.05 Å². The summed E-state index contributed by atoms with van der Waals surface area (Å²) in [6, 6.07) is 14.0. The first-order chi connectivity index (χ1) is 12.1. The first kappa shape index (κ1) is 15.4. The zero-order valence-electron chi connectivity index (χ0n) is 14.0. The lowest BCUT2D eigenvalue weighted by atomic mass is 9.99. The molecule has 0 spiro atoms. The molecule has 25 heavy (non-hydrogen) atoms. The predicted molar refractivity (Wildman–Crippen MR) is 94.0 cm³/mol. The van der Waals surface area contributed by atoms with Gasteiger partial charge in [-0.3, -0.25) is 9.59 Å². The van der Waals surface area contributed by atoms with Crippen LogP contribution >= 0.6 is 0 Å². The molecule has 0 N–H and O–H groups in total. The Morgan fingerprint density at radius 3 is 2.52 bits per heavy atom. The van der Waals surface area contributed by atoms with E-state index in [1.807, 2.05) is 31.2 Å². The molecule has 1 aromatic heterocycles. The van der Waals surface area contributed by atoms with Crippen LogP contribution in [0.2, 0.25) is 0 Å². The van der Waals surface area contributed by atoms with Crippen LogP contribution in [-0.2, 0) is 0 Å². The van der Waals surface area contributed by atoms with Crippen LogP contribution < -0.4 is 10.2 Å². The van der Waals surface area contributed by atoms with Crippen molar-refractivity contribution < 1.29 is 13.9 Å². The summed E-state index contributed by atoms with van der Waals surface area (Å²) >= 11 is 0. The highest BCUT2D eigenvalue weighted by molar-refractivity contribution is 5.98. The molecular weight excluding hydrogens is 318 g/mol. The second-order valence-corrected chi connectivity index (χ2v) is 5.99. The summed E-state index contributed by atoms with van der Waals surface area (Å²) in [6.45, 7) is 2.50. The van der Waals surface area contributed by atoms with E-state index >= 15 is 0 Å². The van der Waals surface area contributed by atoms with Gasteiger partial charge in [0.2, 0.25) is 5.76 Å². The molecule has 0 saturated heterocycles. The summed E-state index contributed by atoms with van der Waals surface area (Å²) in [4.78, 5) is 27.2. The number of nitrogens with zero attached hydrogens (tertiary/aromatic N) is 1. The van der Waals surface area contributed by atoms with Crippen molar-refractivity contribution in [1.29, 1.82) is 0 Å². The Bertz CT molecular complexity index is 1020. The van der Waals surface area contributed by atoms with Gasteiger partial charge >= 0.3 is 0 Å². The van der Waals surface area contributed by atoms with Gasteiger partial charge in [0.05, 0.1) is 23.6 Å². The molecule has 2 aromatic carbocycles. The highest BCUT2D eigenvalue weighted by Crippen LogP contribution is 2.37. The summed E-state index contributed by atoms with van der Waals surface area (Å²) in [7, 11) is 1.68. The lowest BCUT2D eigenvalue weighted by molar-refractivity contribution is 0.0771. The Morgan fingerprint density at radius 1 is 1.08 bits per heavy atom. The zero-order valence-corrected chi connectivity index (χ0v) is 14.0. The monoisotopic (exact) mass is 335 g/mol. The van der Waals surface area contributed by atoms with E-state index in [-0.39, 0.29) is 17.1 Å². The average molecular weight is 335 g/mol. The molecular formula is C20H17NO4. The van der Waals surface area contributed by atoms with Gasteiger partial charge in [0.1, 0.15) is 11.3 Å². The summed E-state index contributed by atoms with van der Waals surface area (Å²) < 4.78 is 11.2. The predicted octanol–water partition coefficient (Wildman–Crippen LogP) is 3.37. The fourth-order valence-electron chi connectivity index (χ4n) is 3.34. The van der Waals surface area contributed by atoms with Gasteiger partial charge < -0.3 is 14.1 Å². The Morgan fingerprint density at radius 2 is 1.80 bits per heavy atom. The average Bonchev–Trinajstić information content (AvgIpc) is 2.88. The number of para-hydroxylation sites is 1. The summed E-state index contributed by atoms with van der Waals surface area (Å²) in [6.07, 6.45) is 0. The third-order valence-electron chi connectivity index (χ3n) is 4.52. The van der Waals surface area contributed by atoms with Crippen LogP contribution in [0.4, 0.5) is 0 Å². The Kier molecular flexibility index (Phi) is 3.57. The van der Waals surface area contributed by atoms with Crippen molar-refractivity contribution in [2.75, 3.05) is 13.7 Å². The molecule has 3 aromatic rings. The molecule has 126 valence electrons. The maximum absolute atomic E-state index is 13.0. The van der Waals surface area contributed by atoms with E-state index < -0.39 is 6.04 Å². The number of fused-ring (bicyclic) bond motifs is 2. The third-order valence-corrected chi connectivity index (χ3v) is 4.52. The van der Waals surface area contributed by atoms with Gasteiger partial charge in [-0.15, -0.1) is 0 Å². The summed E-state index contributed by atoms with van der Waals surface area (Å²) in [5.41, 5.74) is 1.52. The topological polar surface area (TPSA) is 59.8 Å². The lowest BCUT2D eigenvalue weighted by Gasteiger charge is -2.20. The molecule has 0 saturated carbocycles. The molecule has 0 fully saturated rings. The highest BCUT2D eigenvalue weighted by Gasteiger charge is 2.40. The number of carbonyl (C=O) groups is 1. The number of benzene rings is 2. The van der Waals surface area contributed by atoms with Crippen molar-refractivity contribution in [1.82, 2.24) is 4.90 Å². The molecule has 4 rings (SSSR count). The van der Waals surface area contributed by atoms with E-state index in [0.717, 1.165) is 11.3 Å². The normalized spacial score (nSPS) is 16.3. The van der Waals surface area contributed by atoms with E-state index in [9.17, 15) is 9.59 Å². The van der Waals surface area contributed by atoms with Gasteiger partial charge in [0.25, 0.3) is 5.91 Å². The van der Waals surface area contributed by atoms with Gasteiger partial charge in [-0.25, -0.2) is 0 Å². The molecule has 5 heteroatoms. The second kappa shape index (κ2) is 5.77. The molecule has 0 radical (unpaired) electrons. The van der Waals surface area contributed by atoms with Gasteiger partial charge in [0.15, 0.2) is 5.43 Å². The number of hydrogen-bond donors (Lipinski definition) is 0. The standard InChI is InChI=1S/C20H17NO4/c1-3-24-13-10-8-12(9-11-13)17-16-18(22)14-6-4-5-7-15(14)25-19(16)20(23)21(17)2/h4-11,17H,3H2,1-2H3/t17-/m1/s1. The highest BCUT2D eigenvalue weighted by atomic mass is 16.5. The minimum atomic E-state index is -0.459. The van der Waals surface area contributed by atoms with Crippen LogP contribution in [0.25, 0.3) is 11.0 Å². The fraction of sp³-hybridized carbons (Fsp3) is 0.200. The maximum atomic E-state index is 13.0. The molecule has 0 unspecified atom stereocenters. The second-order valence-electron chi connectivity index (χ2n) is 5.99. The molecule has 1 aliphatic heterocycles. The SMILES string of the molecule is CCOc1ccc([C@@H]2c3c(oc4ccccc4c3=O)C(=O)N2C)cc1. The van der Waals surface area contributed by atoms with E-state index in [1.54, 1.807) is 36.2 Å². The van der Waals surface area contributed by atoms with E-state index in [0.29, 0.717) is 23.1 Å². The molecule has 1 atom stereocenters. The summed E-state index contributed by atoms with van der Waals surface area (Å²) in [5, 5.41) is 0.486. The van der Waals surface area contributed by atoms with Crippen LogP contribution in [0.1, 0.15) is 34.6 Å². The Balaban J connectivity index is 1.90. The van der Waals surface area contributed by atoms with E-state index in [1.165, 1.54) is 0 Å². The van der Waals surface area contributed by atoms with Crippen LogP contribution in [0.3, 0.4) is 0 Å². The van der Waals surface area contributed by atoms with Crippen molar-refractivity contribution in [3.05, 3.63) is 75.6 Å². The first-order valence-electron chi connectivity index (χ1n) is 8.17. The summed E-state index contributed by atoms with van der Waals surface area (Å²) in [5.74, 6) is 0.603. The molecule has 1 amide bonds. The quantitative estimate of drug-likeness (QED) is 0.736. The lowest BCUT2D eigenvalue weighted by Crippen LogP contribution is -2.25. The minimum Gasteiger partial charge on any atom is -0.494 e. The molecule has 2 heterocycles. The van der Waals surface area contributed by atoms with Crippen molar-refractivity contribution in [2.45, 2.75) is 13.0 Å². The minimum absolute atomic E-state index is 0.130. The molecule has 0 bridgehead atoms. The number of amides is 1.